The van der Waals surface area contributed by atoms with Gasteiger partial charge in [0.1, 0.15) is 23.9 Å². The van der Waals surface area contributed by atoms with Crippen LogP contribution in [0.3, 0.4) is 0 Å². The fourth-order valence-electron chi connectivity index (χ4n) is 3.78. The summed E-state index contributed by atoms with van der Waals surface area (Å²) >= 11 is 0. The van der Waals surface area contributed by atoms with Crippen LogP contribution in [-0.4, -0.2) is 86.5 Å². The van der Waals surface area contributed by atoms with Gasteiger partial charge >= 0.3 is 5.97 Å². The molecule has 0 aliphatic heterocycles. The van der Waals surface area contributed by atoms with E-state index in [1.807, 2.05) is 0 Å². The molecule has 0 saturated carbocycles. The molecule has 42 heavy (non-hydrogen) atoms. The van der Waals surface area contributed by atoms with Crippen LogP contribution in [0.15, 0.2) is 41.8 Å². The minimum atomic E-state index is -1.64. The number of hydrogen-bond donors (Lipinski definition) is 10. The van der Waals surface area contributed by atoms with Crippen molar-refractivity contribution in [2.24, 2.45) is 27.9 Å². The average Bonchev–Trinajstić information content (AvgIpc) is 3.43. The maximum Gasteiger partial charge on any atom is 0.326 e. The number of benzene rings is 1. The monoisotopic (exact) mass is 588 g/mol. The van der Waals surface area contributed by atoms with Crippen LogP contribution < -0.4 is 38.9 Å². The Morgan fingerprint density at radius 2 is 1.50 bits per heavy atom. The number of guanidine groups is 1. The molecule has 0 radical (unpaired) electrons. The molecule has 228 valence electrons. The first-order chi connectivity index (χ1) is 19.8. The second kappa shape index (κ2) is 16.2. The third-order valence-corrected chi connectivity index (χ3v) is 5.95. The first-order valence-corrected chi connectivity index (χ1v) is 12.8. The van der Waals surface area contributed by atoms with Crippen molar-refractivity contribution in [2.75, 3.05) is 6.54 Å². The number of primary amides is 1. The number of aromatic amines is 1. The molecule has 0 spiro atoms. The summed E-state index contributed by atoms with van der Waals surface area (Å²) in [5, 5.41) is 26.3. The number of carboxylic acids is 1. The van der Waals surface area contributed by atoms with Crippen molar-refractivity contribution in [2.45, 2.75) is 56.3 Å². The van der Waals surface area contributed by atoms with Crippen molar-refractivity contribution in [3.8, 4) is 5.75 Å². The normalized spacial score (nSPS) is 13.5. The van der Waals surface area contributed by atoms with Gasteiger partial charge in [0.2, 0.25) is 23.6 Å². The van der Waals surface area contributed by atoms with Crippen molar-refractivity contribution >= 4 is 35.6 Å². The molecule has 17 heteroatoms. The summed E-state index contributed by atoms with van der Waals surface area (Å²) in [5.41, 5.74) is 22.7. The Balaban J connectivity index is 2.25. The Labute approximate surface area is 240 Å². The maximum absolute atomic E-state index is 13.5. The number of hydrogen-bond acceptors (Lipinski definition) is 9. The van der Waals surface area contributed by atoms with Crippen molar-refractivity contribution < 1.29 is 34.2 Å². The van der Waals surface area contributed by atoms with Gasteiger partial charge in [-0.05, 0) is 30.5 Å². The lowest BCUT2D eigenvalue weighted by Crippen LogP contribution is -2.58. The van der Waals surface area contributed by atoms with Crippen LogP contribution in [0, 0.1) is 0 Å². The standard InChI is InChI=1S/C25H36N10O7/c26-16(2-1-7-31-25(28)29)21(38)33-17(8-13-3-5-15(36)6-4-13)22(39)34-18(9-14-11-30-12-32-14)23(40)35-19(24(41)42)10-20(27)37/h3-6,11-12,16-19,36H,1-2,7-10,26H2,(H2,27,37)(H,30,32)(H,33,38)(H,34,39)(H,35,40)(H,41,42)(H4,28,29,31). The lowest BCUT2D eigenvalue weighted by atomic mass is 10.0. The topological polar surface area (TPSA) is 307 Å². The van der Waals surface area contributed by atoms with Gasteiger partial charge in [0.25, 0.3) is 0 Å². The third kappa shape index (κ3) is 11.5. The molecule has 0 aliphatic carbocycles. The van der Waals surface area contributed by atoms with Crippen LogP contribution in [0.25, 0.3) is 0 Å². The number of phenolic OH excluding ortho intramolecular Hbond substituents is 1. The number of imidazole rings is 1. The Morgan fingerprint density at radius 3 is 2.05 bits per heavy atom. The van der Waals surface area contributed by atoms with E-state index in [0.29, 0.717) is 17.7 Å². The SMILES string of the molecule is NC(=O)CC(NC(=O)C(Cc1cnc[nH]1)NC(=O)C(Cc1ccc(O)cc1)NC(=O)C(N)CCCN=C(N)N)C(=O)O. The van der Waals surface area contributed by atoms with Gasteiger partial charge in [0.15, 0.2) is 5.96 Å². The summed E-state index contributed by atoms with van der Waals surface area (Å²) in [4.78, 5) is 72.8. The first-order valence-electron chi connectivity index (χ1n) is 12.8. The van der Waals surface area contributed by atoms with Gasteiger partial charge in [-0.1, -0.05) is 12.1 Å². The second-order valence-corrected chi connectivity index (χ2v) is 9.40. The average molecular weight is 589 g/mol. The summed E-state index contributed by atoms with van der Waals surface area (Å²) in [6.07, 6.45) is 2.50. The predicted molar refractivity (Wildman–Crippen MR) is 149 cm³/mol. The van der Waals surface area contributed by atoms with Crippen LogP contribution in [0.2, 0.25) is 0 Å². The smallest absolute Gasteiger partial charge is 0.326 e. The number of aliphatic carboxylic acids is 1. The van der Waals surface area contributed by atoms with E-state index in [1.54, 1.807) is 12.1 Å². The highest BCUT2D eigenvalue weighted by Crippen LogP contribution is 2.12. The van der Waals surface area contributed by atoms with Gasteiger partial charge in [0, 0.05) is 31.3 Å². The second-order valence-electron chi connectivity index (χ2n) is 9.40. The quantitative estimate of drug-likeness (QED) is 0.0495. The molecule has 14 N–H and O–H groups in total. The summed E-state index contributed by atoms with van der Waals surface area (Å²) < 4.78 is 0. The van der Waals surface area contributed by atoms with E-state index in [2.05, 4.69) is 30.9 Å². The van der Waals surface area contributed by atoms with Crippen molar-refractivity contribution in [1.82, 2.24) is 25.9 Å². The van der Waals surface area contributed by atoms with Gasteiger partial charge < -0.3 is 54.1 Å². The molecule has 2 aromatic rings. The van der Waals surface area contributed by atoms with Crippen LogP contribution in [0.5, 0.6) is 5.75 Å². The Morgan fingerprint density at radius 1 is 0.905 bits per heavy atom. The molecule has 17 nitrogen and oxygen atoms in total. The van der Waals surface area contributed by atoms with E-state index < -0.39 is 60.2 Å². The number of carboxylic acid groups (broad SMARTS) is 1. The molecule has 4 amide bonds. The summed E-state index contributed by atoms with van der Waals surface area (Å²) in [7, 11) is 0. The minimum Gasteiger partial charge on any atom is -0.508 e. The maximum atomic E-state index is 13.5. The van der Waals surface area contributed by atoms with E-state index in [0.717, 1.165) is 0 Å². The van der Waals surface area contributed by atoms with Crippen molar-refractivity contribution in [3.63, 3.8) is 0 Å². The lowest BCUT2D eigenvalue weighted by molar-refractivity contribution is -0.143. The lowest BCUT2D eigenvalue weighted by Gasteiger charge is -2.25. The molecule has 0 saturated heterocycles. The molecular formula is C25H36N10O7. The minimum absolute atomic E-state index is 0.00757. The molecule has 1 aromatic heterocycles. The fourth-order valence-corrected chi connectivity index (χ4v) is 3.78. The largest absolute Gasteiger partial charge is 0.508 e. The molecule has 2 rings (SSSR count). The molecule has 0 bridgehead atoms. The van der Waals surface area contributed by atoms with Gasteiger partial charge in [-0.3, -0.25) is 24.2 Å². The molecule has 4 unspecified atom stereocenters. The molecule has 0 aliphatic rings. The van der Waals surface area contributed by atoms with Gasteiger partial charge in [-0.2, -0.15) is 0 Å². The van der Waals surface area contributed by atoms with Crippen LogP contribution in [0.4, 0.5) is 0 Å². The first kappa shape index (κ1) is 33.0. The van der Waals surface area contributed by atoms with Gasteiger partial charge in [-0.15, -0.1) is 0 Å². The highest BCUT2D eigenvalue weighted by atomic mass is 16.4. The highest BCUT2D eigenvalue weighted by Gasteiger charge is 2.31. The zero-order valence-corrected chi connectivity index (χ0v) is 22.7. The molecular weight excluding hydrogens is 552 g/mol. The molecule has 1 heterocycles. The van der Waals surface area contributed by atoms with E-state index in [9.17, 15) is 34.2 Å². The molecule has 4 atom stereocenters. The van der Waals surface area contributed by atoms with Crippen molar-refractivity contribution in [3.05, 3.63) is 48.0 Å². The molecule has 0 fully saturated rings. The number of rotatable bonds is 17. The number of carbonyl (C=O) groups excluding carboxylic acids is 4. The van der Waals surface area contributed by atoms with E-state index >= 15 is 0 Å². The third-order valence-electron chi connectivity index (χ3n) is 5.95. The Kier molecular flexibility index (Phi) is 12.7. The zero-order chi connectivity index (χ0) is 31.2. The number of nitrogens with one attached hydrogen (secondary N) is 4. The Hall–Kier alpha value is -5.19. The van der Waals surface area contributed by atoms with Crippen molar-refractivity contribution in [1.29, 1.82) is 0 Å². The van der Waals surface area contributed by atoms with E-state index in [-0.39, 0.29) is 37.5 Å². The summed E-state index contributed by atoms with van der Waals surface area (Å²) in [6, 6.07) is 0.676. The van der Waals surface area contributed by atoms with Crippen LogP contribution >= 0.6 is 0 Å². The Bertz CT molecular complexity index is 1250. The number of nitrogens with two attached hydrogens (primary N) is 4. The number of carbonyl (C=O) groups is 5. The van der Waals surface area contributed by atoms with E-state index in [1.165, 1.54) is 24.7 Å². The number of amides is 4. The number of nitrogens with zero attached hydrogens (tertiary/aromatic N) is 2. The number of aliphatic imine (C=N–C) groups is 1. The van der Waals surface area contributed by atoms with Crippen LogP contribution in [0.1, 0.15) is 30.5 Å². The predicted octanol–water partition coefficient (Wildman–Crippen LogP) is -3.30. The number of aromatic nitrogens is 2. The number of aromatic hydroxyl groups is 1. The molecule has 1 aromatic carbocycles. The summed E-state index contributed by atoms with van der Waals surface area (Å²) in [6.45, 7) is 0.248. The zero-order valence-electron chi connectivity index (χ0n) is 22.7. The summed E-state index contributed by atoms with van der Waals surface area (Å²) in [5.74, 6) is -4.92. The fraction of sp³-hybridized carbons (Fsp3) is 0.400. The highest BCUT2D eigenvalue weighted by molar-refractivity contribution is 5.95. The van der Waals surface area contributed by atoms with Gasteiger partial charge in [-0.25, -0.2) is 9.78 Å². The van der Waals surface area contributed by atoms with Crippen LogP contribution in [-0.2, 0) is 36.8 Å². The number of H-pyrrole nitrogens is 1. The van der Waals surface area contributed by atoms with E-state index in [4.69, 9.17) is 22.9 Å². The van der Waals surface area contributed by atoms with Gasteiger partial charge in [0.05, 0.1) is 18.8 Å². The number of phenols is 1.